The van der Waals surface area contributed by atoms with Crippen molar-refractivity contribution < 1.29 is 9.53 Å². The normalized spacial score (nSPS) is 18.3. The van der Waals surface area contributed by atoms with E-state index in [-0.39, 0.29) is 5.97 Å². The molecule has 1 fully saturated rings. The van der Waals surface area contributed by atoms with Crippen LogP contribution in [0.3, 0.4) is 0 Å². The smallest absolute Gasteiger partial charge is 0.337 e. The van der Waals surface area contributed by atoms with Gasteiger partial charge in [-0.2, -0.15) is 0 Å². The Balaban J connectivity index is 1.71. The van der Waals surface area contributed by atoms with Crippen molar-refractivity contribution in [3.05, 3.63) is 71.3 Å². The molecule has 0 radical (unpaired) electrons. The van der Waals surface area contributed by atoms with E-state index < -0.39 is 0 Å². The molecule has 1 unspecified atom stereocenters. The Morgan fingerprint density at radius 1 is 1.17 bits per heavy atom. The summed E-state index contributed by atoms with van der Waals surface area (Å²) in [7, 11) is 1.42. The van der Waals surface area contributed by atoms with Gasteiger partial charge in [0.05, 0.1) is 12.7 Å². The predicted molar refractivity (Wildman–Crippen MR) is 95.0 cm³/mol. The molecule has 24 heavy (non-hydrogen) atoms. The zero-order valence-electron chi connectivity index (χ0n) is 14.1. The molecular formula is C20H24N2O2. The Labute approximate surface area is 143 Å². The van der Waals surface area contributed by atoms with E-state index in [1.165, 1.54) is 12.7 Å². The quantitative estimate of drug-likeness (QED) is 0.858. The topological polar surface area (TPSA) is 41.6 Å². The first kappa shape index (κ1) is 16.7. The monoisotopic (exact) mass is 324 g/mol. The number of ether oxygens (including phenoxy) is 1. The van der Waals surface area contributed by atoms with Gasteiger partial charge in [0, 0.05) is 32.2 Å². The first-order valence-electron chi connectivity index (χ1n) is 8.42. The highest BCUT2D eigenvalue weighted by molar-refractivity contribution is 5.89. The van der Waals surface area contributed by atoms with Gasteiger partial charge in [-0.15, -0.1) is 0 Å². The molecular weight excluding hydrogens is 300 g/mol. The number of esters is 1. The number of piperazine rings is 1. The minimum atomic E-state index is -0.280. The number of benzene rings is 2. The Morgan fingerprint density at radius 3 is 2.75 bits per heavy atom. The van der Waals surface area contributed by atoms with E-state index in [2.05, 4.69) is 46.6 Å². The molecule has 1 saturated heterocycles. The Hall–Kier alpha value is -2.17. The Morgan fingerprint density at radius 2 is 1.96 bits per heavy atom. The first-order chi connectivity index (χ1) is 11.8. The van der Waals surface area contributed by atoms with E-state index in [1.807, 2.05) is 12.1 Å². The van der Waals surface area contributed by atoms with Crippen LogP contribution in [0.5, 0.6) is 0 Å². The predicted octanol–water partition coefficient (Wildman–Crippen LogP) is 2.49. The molecule has 1 atom stereocenters. The number of methoxy groups -OCH3 is 1. The second kappa shape index (κ2) is 8.08. The highest BCUT2D eigenvalue weighted by atomic mass is 16.5. The van der Waals surface area contributed by atoms with Crippen LogP contribution in [0.1, 0.15) is 21.5 Å². The lowest BCUT2D eigenvalue weighted by Gasteiger charge is -2.36. The van der Waals surface area contributed by atoms with Crippen molar-refractivity contribution >= 4 is 5.97 Å². The van der Waals surface area contributed by atoms with Crippen molar-refractivity contribution in [3.63, 3.8) is 0 Å². The number of carbonyl (C=O) groups is 1. The lowest BCUT2D eigenvalue weighted by atomic mass is 10.0. The average Bonchev–Trinajstić information content (AvgIpc) is 2.64. The zero-order chi connectivity index (χ0) is 16.8. The fourth-order valence-electron chi connectivity index (χ4n) is 3.25. The molecule has 0 bridgehead atoms. The third-order valence-corrected chi connectivity index (χ3v) is 4.52. The van der Waals surface area contributed by atoms with E-state index in [0.717, 1.165) is 38.2 Å². The number of rotatable bonds is 5. The van der Waals surface area contributed by atoms with Crippen LogP contribution in [0.15, 0.2) is 54.6 Å². The van der Waals surface area contributed by atoms with Crippen molar-refractivity contribution in [2.24, 2.45) is 0 Å². The Kier molecular flexibility index (Phi) is 5.62. The van der Waals surface area contributed by atoms with Crippen LogP contribution in [0.2, 0.25) is 0 Å². The molecule has 4 nitrogen and oxygen atoms in total. The van der Waals surface area contributed by atoms with Crippen LogP contribution in [-0.2, 0) is 17.7 Å². The van der Waals surface area contributed by atoms with Crippen LogP contribution in [0.25, 0.3) is 0 Å². The summed E-state index contributed by atoms with van der Waals surface area (Å²) in [5, 5.41) is 3.49. The van der Waals surface area contributed by atoms with Gasteiger partial charge >= 0.3 is 5.97 Å². The number of carbonyl (C=O) groups excluding carboxylic acids is 1. The molecule has 0 saturated carbocycles. The second-order valence-corrected chi connectivity index (χ2v) is 6.21. The molecule has 0 aliphatic carbocycles. The van der Waals surface area contributed by atoms with Crippen LogP contribution in [0.4, 0.5) is 0 Å². The molecule has 2 aromatic rings. The van der Waals surface area contributed by atoms with E-state index in [0.29, 0.717) is 11.6 Å². The third-order valence-electron chi connectivity index (χ3n) is 4.52. The summed E-state index contributed by atoms with van der Waals surface area (Å²) in [5.74, 6) is -0.280. The van der Waals surface area contributed by atoms with E-state index in [9.17, 15) is 4.79 Å². The minimum absolute atomic E-state index is 0.280. The number of hydrogen-bond acceptors (Lipinski definition) is 4. The molecule has 0 spiro atoms. The lowest BCUT2D eigenvalue weighted by Crippen LogP contribution is -2.51. The summed E-state index contributed by atoms with van der Waals surface area (Å²) in [6, 6.07) is 18.8. The van der Waals surface area contributed by atoms with Gasteiger partial charge in [0.1, 0.15) is 0 Å². The molecule has 2 aromatic carbocycles. The van der Waals surface area contributed by atoms with Crippen molar-refractivity contribution in [2.75, 3.05) is 26.7 Å². The lowest BCUT2D eigenvalue weighted by molar-refractivity contribution is 0.0600. The number of nitrogens with zero attached hydrogens (tertiary/aromatic N) is 1. The third kappa shape index (κ3) is 4.22. The van der Waals surface area contributed by atoms with Crippen LogP contribution < -0.4 is 5.32 Å². The summed E-state index contributed by atoms with van der Waals surface area (Å²) in [5.41, 5.74) is 3.13. The zero-order valence-corrected chi connectivity index (χ0v) is 14.1. The number of nitrogens with one attached hydrogen (secondary N) is 1. The highest BCUT2D eigenvalue weighted by Gasteiger charge is 2.22. The average molecular weight is 324 g/mol. The molecule has 126 valence electrons. The van der Waals surface area contributed by atoms with E-state index in [4.69, 9.17) is 4.74 Å². The summed E-state index contributed by atoms with van der Waals surface area (Å²) < 4.78 is 4.82. The van der Waals surface area contributed by atoms with Crippen molar-refractivity contribution in [1.29, 1.82) is 0 Å². The van der Waals surface area contributed by atoms with Gasteiger partial charge in [0.15, 0.2) is 0 Å². The van der Waals surface area contributed by atoms with Crippen LogP contribution in [-0.4, -0.2) is 43.7 Å². The summed E-state index contributed by atoms with van der Waals surface area (Å²) in [6.45, 7) is 3.86. The first-order valence-corrected chi connectivity index (χ1v) is 8.42. The fourth-order valence-corrected chi connectivity index (χ4v) is 3.25. The second-order valence-electron chi connectivity index (χ2n) is 6.21. The van der Waals surface area contributed by atoms with Gasteiger partial charge < -0.3 is 10.1 Å². The molecule has 0 aromatic heterocycles. The van der Waals surface area contributed by atoms with E-state index in [1.54, 1.807) is 6.07 Å². The van der Waals surface area contributed by atoms with Crippen LogP contribution >= 0.6 is 0 Å². The highest BCUT2D eigenvalue weighted by Crippen LogP contribution is 2.16. The van der Waals surface area contributed by atoms with Gasteiger partial charge in [-0.25, -0.2) is 4.79 Å². The van der Waals surface area contributed by atoms with Gasteiger partial charge in [-0.1, -0.05) is 42.5 Å². The maximum Gasteiger partial charge on any atom is 0.337 e. The molecule has 1 N–H and O–H groups in total. The SMILES string of the molecule is COC(=O)c1cccc(CN2CCNCC2Cc2ccccc2)c1. The van der Waals surface area contributed by atoms with Gasteiger partial charge in [-0.05, 0) is 29.7 Å². The standard InChI is InChI=1S/C20H24N2O2/c1-24-20(23)18-9-5-8-17(12-18)15-22-11-10-21-14-19(22)13-16-6-3-2-4-7-16/h2-9,12,19,21H,10-11,13-15H2,1H3. The Bertz CT molecular complexity index is 672. The minimum Gasteiger partial charge on any atom is -0.465 e. The van der Waals surface area contributed by atoms with Crippen molar-refractivity contribution in [3.8, 4) is 0 Å². The molecule has 0 amide bonds. The summed E-state index contributed by atoms with van der Waals surface area (Å²) >= 11 is 0. The van der Waals surface area contributed by atoms with Crippen molar-refractivity contribution in [1.82, 2.24) is 10.2 Å². The largest absolute Gasteiger partial charge is 0.465 e. The number of hydrogen-bond donors (Lipinski definition) is 1. The van der Waals surface area contributed by atoms with Crippen LogP contribution in [0, 0.1) is 0 Å². The van der Waals surface area contributed by atoms with Crippen molar-refractivity contribution in [2.45, 2.75) is 19.0 Å². The molecule has 1 aliphatic rings. The van der Waals surface area contributed by atoms with E-state index >= 15 is 0 Å². The fraction of sp³-hybridized carbons (Fsp3) is 0.350. The van der Waals surface area contributed by atoms with Gasteiger partial charge in [0.25, 0.3) is 0 Å². The molecule has 1 heterocycles. The maximum atomic E-state index is 11.7. The van der Waals surface area contributed by atoms with Gasteiger partial charge in [-0.3, -0.25) is 4.90 Å². The summed E-state index contributed by atoms with van der Waals surface area (Å²) in [4.78, 5) is 14.2. The molecule has 1 aliphatic heterocycles. The maximum absolute atomic E-state index is 11.7. The summed E-state index contributed by atoms with van der Waals surface area (Å²) in [6.07, 6.45) is 1.03. The molecule has 3 rings (SSSR count). The van der Waals surface area contributed by atoms with Gasteiger partial charge in [0.2, 0.25) is 0 Å². The molecule has 4 heteroatoms.